The topological polar surface area (TPSA) is 124 Å². The zero-order valence-corrected chi connectivity index (χ0v) is 8.97. The lowest BCUT2D eigenvalue weighted by atomic mass is 10.1. The quantitative estimate of drug-likeness (QED) is 0.297. The number of aliphatic hydroxyl groups is 4. The molecule has 6 heteroatoms. The smallest absolute Gasteiger partial charge is 0.155 e. The summed E-state index contributed by atoms with van der Waals surface area (Å²) in [6.45, 7) is 1.64. The van der Waals surface area contributed by atoms with Crippen LogP contribution in [0.15, 0.2) is 11.8 Å². The summed E-state index contributed by atoms with van der Waals surface area (Å²) >= 11 is 0. The van der Waals surface area contributed by atoms with Crippen LogP contribution in [0.4, 0.5) is 0 Å². The van der Waals surface area contributed by atoms with Crippen molar-refractivity contribution < 1.29 is 25.2 Å². The average Bonchev–Trinajstić information content (AvgIpc) is 2.15. The Balaban J connectivity index is 0. The summed E-state index contributed by atoms with van der Waals surface area (Å²) in [5.74, 6) is -0.0625. The van der Waals surface area contributed by atoms with E-state index in [0.29, 0.717) is 0 Å². The highest BCUT2D eigenvalue weighted by Gasteiger charge is 2.20. The second-order valence-corrected chi connectivity index (χ2v) is 3.23. The minimum Gasteiger partial charge on any atom is -0.512 e. The van der Waals surface area contributed by atoms with Gasteiger partial charge in [-0.05, 0) is 13.8 Å². The molecular weight excluding hydrogens is 202 g/mol. The van der Waals surface area contributed by atoms with E-state index < -0.39 is 25.4 Å². The van der Waals surface area contributed by atoms with Crippen LogP contribution in [0, 0.1) is 0 Å². The summed E-state index contributed by atoms with van der Waals surface area (Å²) in [6.07, 6.45) is 1.17. The Kier molecular flexibility index (Phi) is 9.19. The van der Waals surface area contributed by atoms with E-state index in [0.717, 1.165) is 0 Å². The highest BCUT2D eigenvalue weighted by Crippen LogP contribution is 1.93. The van der Waals surface area contributed by atoms with Gasteiger partial charge >= 0.3 is 0 Å². The fourth-order valence-corrected chi connectivity index (χ4v) is 0.444. The van der Waals surface area contributed by atoms with Crippen molar-refractivity contribution in [2.45, 2.75) is 19.4 Å². The molecule has 0 amide bonds. The Hall–Kier alpha value is -0.950. The minimum atomic E-state index is -1.21. The van der Waals surface area contributed by atoms with Gasteiger partial charge in [0.15, 0.2) is 5.78 Å². The summed E-state index contributed by atoms with van der Waals surface area (Å²) in [5, 5.41) is 33.4. The van der Waals surface area contributed by atoms with E-state index >= 15 is 0 Å². The standard InChI is InChI=1S/C5H8O2.C4H11NO3/c1-4(6)3-5(2)7;5-4(1-6,2-7)3-8/h3,6H,1-2H3;6-8H,1-3,5H2/b4-3-;. The lowest BCUT2D eigenvalue weighted by Gasteiger charge is -2.20. The molecule has 0 aliphatic rings. The van der Waals surface area contributed by atoms with Gasteiger partial charge < -0.3 is 26.2 Å². The van der Waals surface area contributed by atoms with Crippen LogP contribution >= 0.6 is 0 Å². The van der Waals surface area contributed by atoms with Crippen LogP contribution in [0.5, 0.6) is 0 Å². The Morgan fingerprint density at radius 2 is 1.53 bits per heavy atom. The summed E-state index contributed by atoms with van der Waals surface area (Å²) in [5.41, 5.74) is 3.94. The van der Waals surface area contributed by atoms with E-state index in [1.54, 1.807) is 0 Å². The van der Waals surface area contributed by atoms with Crippen molar-refractivity contribution in [3.8, 4) is 0 Å². The maximum absolute atomic E-state index is 10.0. The van der Waals surface area contributed by atoms with Crippen molar-refractivity contribution in [2.24, 2.45) is 5.73 Å². The van der Waals surface area contributed by atoms with Crippen LogP contribution in [0.1, 0.15) is 13.8 Å². The second-order valence-electron chi connectivity index (χ2n) is 3.23. The molecule has 0 aliphatic heterocycles. The lowest BCUT2D eigenvalue weighted by Crippen LogP contribution is -2.50. The van der Waals surface area contributed by atoms with Crippen LogP contribution in [-0.4, -0.2) is 51.6 Å². The molecule has 0 saturated carbocycles. The van der Waals surface area contributed by atoms with E-state index in [9.17, 15) is 4.79 Å². The van der Waals surface area contributed by atoms with Gasteiger partial charge in [-0.2, -0.15) is 0 Å². The predicted molar refractivity (Wildman–Crippen MR) is 55.2 cm³/mol. The van der Waals surface area contributed by atoms with E-state index in [1.807, 2.05) is 0 Å². The number of aliphatic hydroxyl groups excluding tert-OH is 4. The molecule has 0 rings (SSSR count). The molecule has 90 valence electrons. The molecule has 0 atom stereocenters. The number of carbonyl (C=O) groups is 1. The Morgan fingerprint density at radius 1 is 1.20 bits per heavy atom. The first-order valence-electron chi connectivity index (χ1n) is 4.30. The summed E-state index contributed by atoms with van der Waals surface area (Å²) < 4.78 is 0. The monoisotopic (exact) mass is 221 g/mol. The fraction of sp³-hybridized carbons (Fsp3) is 0.667. The molecule has 0 aromatic rings. The number of nitrogens with two attached hydrogens (primary N) is 1. The molecular formula is C9H19NO5. The van der Waals surface area contributed by atoms with Gasteiger partial charge in [-0.1, -0.05) is 0 Å². The third-order valence-corrected chi connectivity index (χ3v) is 1.36. The summed E-state index contributed by atoms with van der Waals surface area (Å²) in [4.78, 5) is 10.0. The molecule has 6 nitrogen and oxygen atoms in total. The number of rotatable bonds is 4. The van der Waals surface area contributed by atoms with Gasteiger partial charge in [0.25, 0.3) is 0 Å². The number of carbonyl (C=O) groups excluding carboxylic acids is 1. The molecule has 0 spiro atoms. The minimum absolute atomic E-state index is 0.0625. The van der Waals surface area contributed by atoms with Crippen LogP contribution < -0.4 is 5.73 Å². The van der Waals surface area contributed by atoms with E-state index in [1.165, 1.54) is 19.9 Å². The maximum atomic E-state index is 10.0. The molecule has 0 bridgehead atoms. The van der Waals surface area contributed by atoms with Gasteiger partial charge in [-0.3, -0.25) is 4.79 Å². The molecule has 6 N–H and O–H groups in total. The van der Waals surface area contributed by atoms with Gasteiger partial charge in [0.1, 0.15) is 0 Å². The molecule has 0 aliphatic carbocycles. The van der Waals surface area contributed by atoms with Crippen LogP contribution in [0.25, 0.3) is 0 Å². The first-order chi connectivity index (χ1) is 6.81. The zero-order valence-electron chi connectivity index (χ0n) is 8.97. The SMILES string of the molecule is CC(=O)/C=C(/C)O.NC(CO)(CO)CO. The van der Waals surface area contributed by atoms with Crippen molar-refractivity contribution in [1.29, 1.82) is 0 Å². The van der Waals surface area contributed by atoms with Crippen molar-refractivity contribution in [3.05, 3.63) is 11.8 Å². The molecule has 0 heterocycles. The molecule has 0 aromatic heterocycles. The Bertz CT molecular complexity index is 198. The summed E-state index contributed by atoms with van der Waals surface area (Å²) in [7, 11) is 0. The summed E-state index contributed by atoms with van der Waals surface area (Å²) in [6, 6.07) is 0. The van der Waals surface area contributed by atoms with Gasteiger partial charge in [0, 0.05) is 6.08 Å². The number of hydrogen-bond donors (Lipinski definition) is 5. The maximum Gasteiger partial charge on any atom is 0.155 e. The first kappa shape index (κ1) is 16.5. The largest absolute Gasteiger partial charge is 0.512 e. The van der Waals surface area contributed by atoms with Crippen molar-refractivity contribution >= 4 is 5.78 Å². The highest BCUT2D eigenvalue weighted by atomic mass is 16.3. The fourth-order valence-electron chi connectivity index (χ4n) is 0.444. The molecule has 0 aromatic carbocycles. The van der Waals surface area contributed by atoms with Gasteiger partial charge in [0.05, 0.1) is 31.1 Å². The van der Waals surface area contributed by atoms with Crippen molar-refractivity contribution in [2.75, 3.05) is 19.8 Å². The molecule has 0 fully saturated rings. The van der Waals surface area contributed by atoms with Gasteiger partial charge in [0.2, 0.25) is 0 Å². The number of allylic oxidation sites excluding steroid dienone is 2. The van der Waals surface area contributed by atoms with Crippen molar-refractivity contribution in [1.82, 2.24) is 0 Å². The second kappa shape index (κ2) is 8.37. The van der Waals surface area contributed by atoms with Gasteiger partial charge in [-0.25, -0.2) is 0 Å². The van der Waals surface area contributed by atoms with E-state index in [2.05, 4.69) is 0 Å². The third kappa shape index (κ3) is 11.0. The van der Waals surface area contributed by atoms with E-state index in [-0.39, 0.29) is 11.5 Å². The number of hydrogen-bond acceptors (Lipinski definition) is 6. The predicted octanol–water partition coefficient (Wildman–Crippen LogP) is -1.30. The molecule has 15 heavy (non-hydrogen) atoms. The van der Waals surface area contributed by atoms with E-state index in [4.69, 9.17) is 26.2 Å². The normalized spacial score (nSPS) is 11.7. The Labute approximate surface area is 88.7 Å². The molecule has 0 unspecified atom stereocenters. The van der Waals surface area contributed by atoms with Crippen LogP contribution in [0.3, 0.4) is 0 Å². The van der Waals surface area contributed by atoms with Gasteiger partial charge in [-0.15, -0.1) is 0 Å². The highest BCUT2D eigenvalue weighted by molar-refractivity contribution is 5.87. The average molecular weight is 221 g/mol. The third-order valence-electron chi connectivity index (χ3n) is 1.36. The van der Waals surface area contributed by atoms with Crippen LogP contribution in [0.2, 0.25) is 0 Å². The number of ketones is 1. The van der Waals surface area contributed by atoms with Crippen molar-refractivity contribution in [3.63, 3.8) is 0 Å². The molecule has 0 radical (unpaired) electrons. The Morgan fingerprint density at radius 3 is 1.53 bits per heavy atom. The molecule has 0 saturated heterocycles. The lowest BCUT2D eigenvalue weighted by molar-refractivity contribution is -0.112. The zero-order chi connectivity index (χ0) is 12.5. The van der Waals surface area contributed by atoms with Crippen LogP contribution in [-0.2, 0) is 4.79 Å². The first-order valence-corrected chi connectivity index (χ1v) is 4.30.